The van der Waals surface area contributed by atoms with Crippen molar-refractivity contribution >= 4 is 11.6 Å². The first-order valence-corrected chi connectivity index (χ1v) is 6.89. The number of carbonyl (C=O) groups is 1. The number of hydrogen-bond acceptors (Lipinski definition) is 3. The average Bonchev–Trinajstić information content (AvgIpc) is 3.12. The largest absolute Gasteiger partial charge is 0.326 e. The third kappa shape index (κ3) is 3.05. The fourth-order valence-corrected chi connectivity index (χ4v) is 2.45. The zero-order valence-electron chi connectivity index (χ0n) is 11.2. The maximum Gasteiger partial charge on any atom is 0.228 e. The van der Waals surface area contributed by atoms with E-state index in [0.29, 0.717) is 6.54 Å². The first kappa shape index (κ1) is 12.9. The molecule has 104 valence electrons. The van der Waals surface area contributed by atoms with Crippen LogP contribution in [0.1, 0.15) is 12.0 Å². The first-order valence-electron chi connectivity index (χ1n) is 6.89. The number of amides is 1. The second-order valence-electron chi connectivity index (χ2n) is 5.08. The van der Waals surface area contributed by atoms with Gasteiger partial charge in [-0.05, 0) is 36.7 Å². The molecule has 2 heterocycles. The maximum atomic E-state index is 12.1. The summed E-state index contributed by atoms with van der Waals surface area (Å²) in [7, 11) is 0. The van der Waals surface area contributed by atoms with Gasteiger partial charge in [0.15, 0.2) is 0 Å². The molecule has 0 bridgehead atoms. The topological polar surface area (TPSA) is 59.0 Å². The van der Waals surface area contributed by atoms with Gasteiger partial charge < -0.3 is 10.6 Å². The van der Waals surface area contributed by atoms with Crippen LogP contribution in [0.2, 0.25) is 0 Å². The van der Waals surface area contributed by atoms with Gasteiger partial charge >= 0.3 is 0 Å². The Kier molecular flexibility index (Phi) is 3.78. The van der Waals surface area contributed by atoms with E-state index in [1.54, 1.807) is 6.20 Å². The van der Waals surface area contributed by atoms with Crippen molar-refractivity contribution in [2.45, 2.75) is 13.0 Å². The van der Waals surface area contributed by atoms with Crippen molar-refractivity contribution in [3.05, 3.63) is 48.3 Å². The van der Waals surface area contributed by atoms with Gasteiger partial charge in [0, 0.05) is 24.6 Å². The van der Waals surface area contributed by atoms with Gasteiger partial charge in [0.2, 0.25) is 5.91 Å². The smallest absolute Gasteiger partial charge is 0.228 e. The van der Waals surface area contributed by atoms with Gasteiger partial charge in [-0.3, -0.25) is 9.48 Å². The van der Waals surface area contributed by atoms with Crippen LogP contribution >= 0.6 is 0 Å². The van der Waals surface area contributed by atoms with Gasteiger partial charge in [-0.2, -0.15) is 5.10 Å². The molecule has 20 heavy (non-hydrogen) atoms. The minimum Gasteiger partial charge on any atom is -0.326 e. The minimum absolute atomic E-state index is 0.0878. The second-order valence-corrected chi connectivity index (χ2v) is 5.08. The van der Waals surface area contributed by atoms with E-state index in [4.69, 9.17) is 0 Å². The zero-order valence-corrected chi connectivity index (χ0v) is 11.2. The van der Waals surface area contributed by atoms with Crippen LogP contribution in [0.3, 0.4) is 0 Å². The Morgan fingerprint density at radius 3 is 3.15 bits per heavy atom. The van der Waals surface area contributed by atoms with Crippen molar-refractivity contribution in [3.63, 3.8) is 0 Å². The fourth-order valence-electron chi connectivity index (χ4n) is 2.45. The lowest BCUT2D eigenvalue weighted by Crippen LogP contribution is -2.24. The van der Waals surface area contributed by atoms with Crippen molar-refractivity contribution in [1.29, 1.82) is 0 Å². The fraction of sp³-hybridized carbons (Fsp3) is 0.333. The molecule has 1 saturated heterocycles. The lowest BCUT2D eigenvalue weighted by molar-refractivity contribution is -0.119. The van der Waals surface area contributed by atoms with Crippen LogP contribution in [0.15, 0.2) is 42.7 Å². The normalized spacial score (nSPS) is 18.1. The third-order valence-corrected chi connectivity index (χ3v) is 3.53. The van der Waals surface area contributed by atoms with Crippen molar-refractivity contribution in [3.8, 4) is 0 Å². The van der Waals surface area contributed by atoms with Crippen LogP contribution in [0.5, 0.6) is 0 Å². The number of carbonyl (C=O) groups excluding carboxylic acids is 1. The van der Waals surface area contributed by atoms with E-state index in [2.05, 4.69) is 15.7 Å². The highest BCUT2D eigenvalue weighted by Crippen LogP contribution is 2.15. The summed E-state index contributed by atoms with van der Waals surface area (Å²) >= 11 is 0. The quantitative estimate of drug-likeness (QED) is 0.884. The SMILES string of the molecule is O=C(Nc1cccc(Cn2cccn2)c1)C1CCNC1. The molecule has 0 radical (unpaired) electrons. The highest BCUT2D eigenvalue weighted by molar-refractivity contribution is 5.92. The third-order valence-electron chi connectivity index (χ3n) is 3.53. The van der Waals surface area contributed by atoms with E-state index < -0.39 is 0 Å². The van der Waals surface area contributed by atoms with Gasteiger partial charge in [-0.25, -0.2) is 0 Å². The summed E-state index contributed by atoms with van der Waals surface area (Å²) in [6, 6.07) is 9.82. The molecule has 1 fully saturated rings. The standard InChI is InChI=1S/C15H18N4O/c20-15(13-5-7-16-10-13)18-14-4-1-3-12(9-14)11-19-8-2-6-17-19/h1-4,6,8-9,13,16H,5,7,10-11H2,(H,18,20). The Morgan fingerprint density at radius 1 is 1.45 bits per heavy atom. The molecule has 1 unspecified atom stereocenters. The Balaban J connectivity index is 1.66. The Morgan fingerprint density at radius 2 is 2.40 bits per heavy atom. The summed E-state index contributed by atoms with van der Waals surface area (Å²) in [5, 5.41) is 10.4. The second kappa shape index (κ2) is 5.88. The minimum atomic E-state index is 0.0878. The van der Waals surface area contributed by atoms with E-state index in [9.17, 15) is 4.79 Å². The Bertz CT molecular complexity index is 573. The molecule has 1 amide bonds. The number of aromatic nitrogens is 2. The van der Waals surface area contributed by atoms with Gasteiger partial charge in [-0.1, -0.05) is 12.1 Å². The molecule has 1 aromatic carbocycles. The van der Waals surface area contributed by atoms with Crippen LogP contribution < -0.4 is 10.6 Å². The molecule has 1 aliphatic rings. The van der Waals surface area contributed by atoms with Gasteiger partial charge in [0.1, 0.15) is 0 Å². The molecule has 0 spiro atoms. The number of hydrogen-bond donors (Lipinski definition) is 2. The molecule has 2 N–H and O–H groups in total. The molecular weight excluding hydrogens is 252 g/mol. The van der Waals surface area contributed by atoms with Crippen molar-refractivity contribution in [1.82, 2.24) is 15.1 Å². The summed E-state index contributed by atoms with van der Waals surface area (Å²) < 4.78 is 1.86. The number of benzene rings is 1. The molecule has 1 aromatic heterocycles. The number of anilines is 1. The molecule has 1 atom stereocenters. The van der Waals surface area contributed by atoms with E-state index in [1.807, 2.05) is 41.2 Å². The molecule has 0 saturated carbocycles. The number of nitrogens with zero attached hydrogens (tertiary/aromatic N) is 2. The van der Waals surface area contributed by atoms with Crippen LogP contribution in [0.4, 0.5) is 5.69 Å². The van der Waals surface area contributed by atoms with Crippen LogP contribution in [0, 0.1) is 5.92 Å². The predicted molar refractivity (Wildman–Crippen MR) is 77.4 cm³/mol. The van der Waals surface area contributed by atoms with Gasteiger partial charge in [-0.15, -0.1) is 0 Å². The lowest BCUT2D eigenvalue weighted by atomic mass is 10.1. The molecule has 1 aliphatic heterocycles. The van der Waals surface area contributed by atoms with Crippen LogP contribution in [0.25, 0.3) is 0 Å². The molecule has 5 nitrogen and oxygen atoms in total. The van der Waals surface area contributed by atoms with Crippen LogP contribution in [-0.4, -0.2) is 28.8 Å². The lowest BCUT2D eigenvalue weighted by Gasteiger charge is -2.11. The van der Waals surface area contributed by atoms with Crippen molar-refractivity contribution in [2.75, 3.05) is 18.4 Å². The Hall–Kier alpha value is -2.14. The molecule has 0 aliphatic carbocycles. The summed E-state index contributed by atoms with van der Waals surface area (Å²) in [5.74, 6) is 0.191. The van der Waals surface area contributed by atoms with Crippen molar-refractivity contribution in [2.24, 2.45) is 5.92 Å². The van der Waals surface area contributed by atoms with E-state index in [-0.39, 0.29) is 11.8 Å². The number of nitrogens with one attached hydrogen (secondary N) is 2. The molecule has 3 rings (SSSR count). The Labute approximate surface area is 118 Å². The maximum absolute atomic E-state index is 12.1. The summed E-state index contributed by atoms with van der Waals surface area (Å²) in [6.07, 6.45) is 4.60. The predicted octanol–water partition coefficient (Wildman–Crippen LogP) is 1.48. The summed E-state index contributed by atoms with van der Waals surface area (Å²) in [4.78, 5) is 12.1. The van der Waals surface area contributed by atoms with E-state index in [0.717, 1.165) is 30.8 Å². The van der Waals surface area contributed by atoms with Gasteiger partial charge in [0.05, 0.1) is 12.5 Å². The highest BCUT2D eigenvalue weighted by atomic mass is 16.1. The molecular formula is C15H18N4O. The number of rotatable bonds is 4. The highest BCUT2D eigenvalue weighted by Gasteiger charge is 2.22. The van der Waals surface area contributed by atoms with Crippen LogP contribution in [-0.2, 0) is 11.3 Å². The summed E-state index contributed by atoms with van der Waals surface area (Å²) in [5.41, 5.74) is 1.97. The molecule has 2 aromatic rings. The average molecular weight is 270 g/mol. The first-order chi connectivity index (χ1) is 9.81. The summed E-state index contributed by atoms with van der Waals surface area (Å²) in [6.45, 7) is 2.41. The molecule has 5 heteroatoms. The zero-order chi connectivity index (χ0) is 13.8. The van der Waals surface area contributed by atoms with Gasteiger partial charge in [0.25, 0.3) is 0 Å². The van der Waals surface area contributed by atoms with E-state index in [1.165, 1.54) is 0 Å². The monoisotopic (exact) mass is 270 g/mol. The van der Waals surface area contributed by atoms with E-state index >= 15 is 0 Å². The van der Waals surface area contributed by atoms with Crippen molar-refractivity contribution < 1.29 is 4.79 Å².